The third kappa shape index (κ3) is 3.27. The number of hydrogen-bond acceptors (Lipinski definition) is 2. The number of rotatable bonds is 4. The van der Waals surface area contributed by atoms with Crippen LogP contribution in [0.1, 0.15) is 32.3 Å². The predicted octanol–water partition coefficient (Wildman–Crippen LogP) is 3.58. The van der Waals surface area contributed by atoms with Crippen molar-refractivity contribution < 1.29 is 0 Å². The Balaban J connectivity index is 2.10. The van der Waals surface area contributed by atoms with Gasteiger partial charge in [0.2, 0.25) is 0 Å². The van der Waals surface area contributed by atoms with E-state index in [9.17, 15) is 0 Å². The van der Waals surface area contributed by atoms with Gasteiger partial charge in [0.05, 0.1) is 5.69 Å². The molecule has 1 heterocycles. The smallest absolute Gasteiger partial charge is 0.0510 e. The molecule has 2 atom stereocenters. The van der Waals surface area contributed by atoms with E-state index in [4.69, 9.17) is 5.73 Å². The third-order valence-electron chi connectivity index (χ3n) is 3.77. The Kier molecular flexibility index (Phi) is 4.68. The first kappa shape index (κ1) is 13.9. The molecule has 1 aliphatic rings. The quantitative estimate of drug-likeness (QED) is 0.921. The van der Waals surface area contributed by atoms with Crippen molar-refractivity contribution in [3.63, 3.8) is 0 Å². The molecule has 18 heavy (non-hydrogen) atoms. The van der Waals surface area contributed by atoms with Gasteiger partial charge in [-0.3, -0.25) is 0 Å². The molecule has 0 bridgehead atoms. The summed E-state index contributed by atoms with van der Waals surface area (Å²) in [5.41, 5.74) is 8.49. The highest BCUT2D eigenvalue weighted by Crippen LogP contribution is 2.32. The zero-order valence-electron chi connectivity index (χ0n) is 11.3. The lowest BCUT2D eigenvalue weighted by atomic mass is 10.1. The van der Waals surface area contributed by atoms with Gasteiger partial charge in [0.1, 0.15) is 0 Å². The molecule has 0 radical (unpaired) electrons. The molecule has 1 saturated heterocycles. The number of benzene rings is 1. The average Bonchev–Trinajstić information content (AvgIpc) is 2.76. The second-order valence-corrected chi connectivity index (χ2v) is 6.33. The molecular formula is C15H23BrN2. The van der Waals surface area contributed by atoms with Gasteiger partial charge in [0, 0.05) is 23.6 Å². The van der Waals surface area contributed by atoms with E-state index < -0.39 is 0 Å². The van der Waals surface area contributed by atoms with Crippen LogP contribution in [-0.4, -0.2) is 19.1 Å². The monoisotopic (exact) mass is 310 g/mol. The van der Waals surface area contributed by atoms with Crippen LogP contribution in [-0.2, 0) is 6.42 Å². The molecule has 2 N–H and O–H groups in total. The van der Waals surface area contributed by atoms with Crippen molar-refractivity contribution in [1.82, 2.24) is 0 Å². The summed E-state index contributed by atoms with van der Waals surface area (Å²) in [6, 6.07) is 6.89. The van der Waals surface area contributed by atoms with Gasteiger partial charge in [0.15, 0.2) is 0 Å². The average molecular weight is 311 g/mol. The SMILES string of the molecule is CCC1CCN(c2ccc(CC(C)N)cc2Br)C1. The first-order valence-electron chi connectivity index (χ1n) is 6.89. The van der Waals surface area contributed by atoms with Gasteiger partial charge in [-0.25, -0.2) is 0 Å². The summed E-state index contributed by atoms with van der Waals surface area (Å²) in [5.74, 6) is 0.862. The number of halogens is 1. The standard InChI is InChI=1S/C15H23BrN2/c1-3-12-6-7-18(10-12)15-5-4-13(8-11(2)17)9-14(15)16/h4-5,9,11-12H,3,6-8,10,17H2,1-2H3. The molecule has 1 fully saturated rings. The molecule has 0 amide bonds. The molecule has 0 aromatic heterocycles. The largest absolute Gasteiger partial charge is 0.370 e. The van der Waals surface area contributed by atoms with E-state index in [1.165, 1.54) is 41.7 Å². The molecule has 2 rings (SSSR count). The summed E-state index contributed by atoms with van der Waals surface area (Å²) in [6.45, 7) is 6.72. The van der Waals surface area contributed by atoms with Crippen molar-refractivity contribution in [2.45, 2.75) is 39.2 Å². The first-order valence-corrected chi connectivity index (χ1v) is 7.68. The van der Waals surface area contributed by atoms with Crippen molar-refractivity contribution in [1.29, 1.82) is 0 Å². The normalized spacial score (nSPS) is 21.3. The Morgan fingerprint density at radius 2 is 2.28 bits per heavy atom. The van der Waals surface area contributed by atoms with E-state index in [1.807, 2.05) is 6.92 Å². The van der Waals surface area contributed by atoms with Crippen LogP contribution >= 0.6 is 15.9 Å². The van der Waals surface area contributed by atoms with Crippen molar-refractivity contribution in [3.8, 4) is 0 Å². The van der Waals surface area contributed by atoms with Crippen LogP contribution in [0.5, 0.6) is 0 Å². The lowest BCUT2D eigenvalue weighted by Gasteiger charge is -2.21. The van der Waals surface area contributed by atoms with Gasteiger partial charge in [-0.1, -0.05) is 19.4 Å². The molecular weight excluding hydrogens is 288 g/mol. The highest BCUT2D eigenvalue weighted by atomic mass is 79.9. The molecule has 0 aliphatic carbocycles. The van der Waals surface area contributed by atoms with Gasteiger partial charge in [-0.05, 0) is 59.3 Å². The van der Waals surface area contributed by atoms with Crippen LogP contribution in [0.25, 0.3) is 0 Å². The van der Waals surface area contributed by atoms with Crippen LogP contribution in [0, 0.1) is 5.92 Å². The first-order chi connectivity index (χ1) is 8.60. The summed E-state index contributed by atoms with van der Waals surface area (Å²) in [7, 11) is 0. The molecule has 1 aliphatic heterocycles. The summed E-state index contributed by atoms with van der Waals surface area (Å²) >= 11 is 3.71. The van der Waals surface area contributed by atoms with Gasteiger partial charge in [0.25, 0.3) is 0 Å². The zero-order valence-corrected chi connectivity index (χ0v) is 12.9. The molecule has 100 valence electrons. The Morgan fingerprint density at radius 1 is 1.50 bits per heavy atom. The maximum absolute atomic E-state index is 5.85. The molecule has 0 saturated carbocycles. The van der Waals surface area contributed by atoms with Gasteiger partial charge in [-0.2, -0.15) is 0 Å². The second kappa shape index (κ2) is 6.07. The van der Waals surface area contributed by atoms with E-state index in [1.54, 1.807) is 0 Å². The van der Waals surface area contributed by atoms with Crippen molar-refractivity contribution in [2.75, 3.05) is 18.0 Å². The second-order valence-electron chi connectivity index (χ2n) is 5.48. The molecule has 2 unspecified atom stereocenters. The van der Waals surface area contributed by atoms with Crippen LogP contribution in [0.4, 0.5) is 5.69 Å². The van der Waals surface area contributed by atoms with E-state index >= 15 is 0 Å². The van der Waals surface area contributed by atoms with Gasteiger partial charge in [-0.15, -0.1) is 0 Å². The fourth-order valence-electron chi connectivity index (χ4n) is 2.69. The van der Waals surface area contributed by atoms with Crippen molar-refractivity contribution in [2.24, 2.45) is 11.7 Å². The third-order valence-corrected chi connectivity index (χ3v) is 4.41. The van der Waals surface area contributed by atoms with Crippen molar-refractivity contribution >= 4 is 21.6 Å². The highest BCUT2D eigenvalue weighted by Gasteiger charge is 2.22. The van der Waals surface area contributed by atoms with Crippen LogP contribution in [0.3, 0.4) is 0 Å². The number of hydrogen-bond donors (Lipinski definition) is 1. The molecule has 1 aromatic rings. The number of anilines is 1. The lowest BCUT2D eigenvalue weighted by Crippen LogP contribution is -2.20. The summed E-state index contributed by atoms with van der Waals surface area (Å²) in [6.07, 6.45) is 3.55. The minimum absolute atomic E-state index is 0.221. The highest BCUT2D eigenvalue weighted by molar-refractivity contribution is 9.10. The Labute approximate surface area is 119 Å². The predicted molar refractivity (Wildman–Crippen MR) is 82.1 cm³/mol. The number of nitrogens with two attached hydrogens (primary N) is 1. The minimum Gasteiger partial charge on any atom is -0.370 e. The summed E-state index contributed by atoms with van der Waals surface area (Å²) in [4.78, 5) is 2.49. The van der Waals surface area contributed by atoms with E-state index in [2.05, 4.69) is 46.0 Å². The fourth-order valence-corrected chi connectivity index (χ4v) is 3.37. The molecule has 1 aromatic carbocycles. The topological polar surface area (TPSA) is 29.3 Å². The van der Waals surface area contributed by atoms with Crippen LogP contribution in [0.15, 0.2) is 22.7 Å². The van der Waals surface area contributed by atoms with Crippen molar-refractivity contribution in [3.05, 3.63) is 28.2 Å². The maximum atomic E-state index is 5.85. The zero-order chi connectivity index (χ0) is 13.1. The Hall–Kier alpha value is -0.540. The molecule has 0 spiro atoms. The Morgan fingerprint density at radius 3 is 2.83 bits per heavy atom. The molecule has 3 heteroatoms. The summed E-state index contributed by atoms with van der Waals surface area (Å²) in [5, 5.41) is 0. The van der Waals surface area contributed by atoms with E-state index in [0.717, 1.165) is 12.3 Å². The van der Waals surface area contributed by atoms with Crippen LogP contribution < -0.4 is 10.6 Å². The van der Waals surface area contributed by atoms with E-state index in [-0.39, 0.29) is 6.04 Å². The maximum Gasteiger partial charge on any atom is 0.0510 e. The minimum atomic E-state index is 0.221. The van der Waals surface area contributed by atoms with Crippen LogP contribution in [0.2, 0.25) is 0 Å². The Bertz CT molecular complexity index is 403. The number of nitrogens with zero attached hydrogens (tertiary/aromatic N) is 1. The van der Waals surface area contributed by atoms with Gasteiger partial charge >= 0.3 is 0 Å². The molecule has 2 nitrogen and oxygen atoms in total. The lowest BCUT2D eigenvalue weighted by molar-refractivity contribution is 0.569. The van der Waals surface area contributed by atoms with E-state index in [0.29, 0.717) is 0 Å². The fraction of sp³-hybridized carbons (Fsp3) is 0.600. The summed E-state index contributed by atoms with van der Waals surface area (Å²) < 4.78 is 1.21. The van der Waals surface area contributed by atoms with Gasteiger partial charge < -0.3 is 10.6 Å².